The molecule has 168 valence electrons. The highest BCUT2D eigenvalue weighted by Crippen LogP contribution is 2.47. The smallest absolute Gasteiger partial charge is 0.246 e. The van der Waals surface area contributed by atoms with Gasteiger partial charge in [0.25, 0.3) is 0 Å². The van der Waals surface area contributed by atoms with Crippen LogP contribution in [0.2, 0.25) is 0 Å². The number of hydrogen-bond donors (Lipinski definition) is 1. The molecule has 0 radical (unpaired) electrons. The molecular formula is C24H26N2O5S. The normalized spacial score (nSPS) is 18.2. The van der Waals surface area contributed by atoms with Crippen molar-refractivity contribution in [1.82, 2.24) is 9.62 Å². The van der Waals surface area contributed by atoms with Gasteiger partial charge in [0, 0.05) is 19.0 Å². The van der Waals surface area contributed by atoms with Crippen molar-refractivity contribution in [2.45, 2.75) is 37.2 Å². The van der Waals surface area contributed by atoms with E-state index in [9.17, 15) is 13.2 Å². The second-order valence-electron chi connectivity index (χ2n) is 8.12. The summed E-state index contributed by atoms with van der Waals surface area (Å²) in [6, 6.07) is 13.6. The summed E-state index contributed by atoms with van der Waals surface area (Å²) in [5, 5.41) is 0. The fourth-order valence-electron chi connectivity index (χ4n) is 3.42. The summed E-state index contributed by atoms with van der Waals surface area (Å²) in [7, 11) is -1.94. The Hall–Kier alpha value is -3.10. The minimum Gasteiger partial charge on any atom is -0.468 e. The van der Waals surface area contributed by atoms with Gasteiger partial charge < -0.3 is 13.7 Å². The number of nitrogens with one attached hydrogen (secondary N) is 1. The largest absolute Gasteiger partial charge is 0.468 e. The van der Waals surface area contributed by atoms with Crippen molar-refractivity contribution in [2.75, 3.05) is 7.05 Å². The highest BCUT2D eigenvalue weighted by Gasteiger charge is 2.36. The molecule has 1 saturated carbocycles. The molecular weight excluding hydrogens is 428 g/mol. The van der Waals surface area contributed by atoms with Crippen LogP contribution in [0.4, 0.5) is 0 Å². The van der Waals surface area contributed by atoms with Gasteiger partial charge in [-0.2, -0.15) is 0 Å². The molecule has 1 aromatic carbocycles. The van der Waals surface area contributed by atoms with E-state index in [1.54, 1.807) is 42.3 Å². The zero-order valence-electron chi connectivity index (χ0n) is 18.0. The first-order chi connectivity index (χ1) is 15.3. The van der Waals surface area contributed by atoms with Crippen LogP contribution in [-0.4, -0.2) is 26.3 Å². The monoisotopic (exact) mass is 454 g/mol. The van der Waals surface area contributed by atoms with Gasteiger partial charge in [0.1, 0.15) is 17.3 Å². The summed E-state index contributed by atoms with van der Waals surface area (Å²) in [5.74, 6) is 3.31. The lowest BCUT2D eigenvalue weighted by Crippen LogP contribution is -2.23. The maximum absolute atomic E-state index is 12.4. The van der Waals surface area contributed by atoms with Crippen LogP contribution in [0.1, 0.15) is 42.1 Å². The number of furan rings is 2. The number of benzene rings is 1. The summed E-state index contributed by atoms with van der Waals surface area (Å²) in [6.45, 7) is 2.67. The third-order valence-corrected chi connectivity index (χ3v) is 6.97. The minimum absolute atomic E-state index is 0.0780. The van der Waals surface area contributed by atoms with Crippen LogP contribution in [0.5, 0.6) is 0 Å². The van der Waals surface area contributed by atoms with Crippen molar-refractivity contribution >= 4 is 22.0 Å². The number of carbonyl (C=O) groups excluding carboxylic acids is 1. The van der Waals surface area contributed by atoms with Crippen molar-refractivity contribution in [2.24, 2.45) is 5.92 Å². The summed E-state index contributed by atoms with van der Waals surface area (Å²) < 4.78 is 38.3. The molecule has 1 fully saturated rings. The van der Waals surface area contributed by atoms with E-state index in [1.165, 1.54) is 24.5 Å². The van der Waals surface area contributed by atoms with Crippen LogP contribution >= 0.6 is 0 Å². The molecule has 2 unspecified atom stereocenters. The summed E-state index contributed by atoms with van der Waals surface area (Å²) in [6.07, 6.45) is 5.77. The molecule has 0 saturated heterocycles. The van der Waals surface area contributed by atoms with E-state index in [1.807, 2.05) is 12.1 Å². The van der Waals surface area contributed by atoms with E-state index in [2.05, 4.69) is 11.6 Å². The van der Waals surface area contributed by atoms with Gasteiger partial charge in [0.05, 0.1) is 24.2 Å². The van der Waals surface area contributed by atoms with Gasteiger partial charge in [0.2, 0.25) is 15.9 Å². The molecule has 1 amide bonds. The van der Waals surface area contributed by atoms with Gasteiger partial charge in [0.15, 0.2) is 0 Å². The Bertz CT molecular complexity index is 1190. The first-order valence-corrected chi connectivity index (χ1v) is 11.9. The second-order valence-corrected chi connectivity index (χ2v) is 9.89. The predicted molar refractivity (Wildman–Crippen MR) is 120 cm³/mol. The Morgan fingerprint density at radius 2 is 1.91 bits per heavy atom. The van der Waals surface area contributed by atoms with Gasteiger partial charge in [-0.05, 0) is 60.4 Å². The SMILES string of the molecule is CC1CC1c1ccc(CN(C)C(=O)/C=C/c2ccc(S(=O)(=O)NCc3ccco3)cc2)o1. The zero-order chi connectivity index (χ0) is 22.7. The van der Waals surface area contributed by atoms with E-state index in [0.717, 1.165) is 23.5 Å². The fourth-order valence-corrected chi connectivity index (χ4v) is 4.42. The van der Waals surface area contributed by atoms with Crippen molar-refractivity contribution in [1.29, 1.82) is 0 Å². The van der Waals surface area contributed by atoms with Crippen LogP contribution in [0, 0.1) is 5.92 Å². The van der Waals surface area contributed by atoms with Gasteiger partial charge in [-0.3, -0.25) is 4.79 Å². The van der Waals surface area contributed by atoms with E-state index in [-0.39, 0.29) is 17.3 Å². The molecule has 1 aliphatic rings. The van der Waals surface area contributed by atoms with Gasteiger partial charge in [-0.15, -0.1) is 0 Å². The third-order valence-electron chi connectivity index (χ3n) is 5.55. The number of hydrogen-bond acceptors (Lipinski definition) is 5. The number of likely N-dealkylation sites (N-methyl/N-ethyl adjacent to an activating group) is 1. The van der Waals surface area contributed by atoms with Crippen LogP contribution in [0.3, 0.4) is 0 Å². The van der Waals surface area contributed by atoms with Gasteiger partial charge >= 0.3 is 0 Å². The number of nitrogens with zero attached hydrogens (tertiary/aromatic N) is 1. The topological polar surface area (TPSA) is 92.8 Å². The Morgan fingerprint density at radius 1 is 1.16 bits per heavy atom. The Balaban J connectivity index is 1.31. The van der Waals surface area contributed by atoms with Crippen molar-refractivity contribution in [3.63, 3.8) is 0 Å². The third kappa shape index (κ3) is 5.38. The maximum Gasteiger partial charge on any atom is 0.246 e. The quantitative estimate of drug-likeness (QED) is 0.491. The summed E-state index contributed by atoms with van der Waals surface area (Å²) >= 11 is 0. The van der Waals surface area contributed by atoms with Gasteiger partial charge in [-0.25, -0.2) is 13.1 Å². The lowest BCUT2D eigenvalue weighted by atomic mass is 10.2. The summed E-state index contributed by atoms with van der Waals surface area (Å²) in [5.41, 5.74) is 0.722. The molecule has 2 aromatic heterocycles. The van der Waals surface area contributed by atoms with Gasteiger partial charge in [-0.1, -0.05) is 19.1 Å². The highest BCUT2D eigenvalue weighted by molar-refractivity contribution is 7.89. The Kier molecular flexibility index (Phi) is 6.34. The van der Waals surface area contributed by atoms with Crippen LogP contribution in [-0.2, 0) is 27.9 Å². The van der Waals surface area contributed by atoms with Crippen molar-refractivity contribution in [3.8, 4) is 0 Å². The predicted octanol–water partition coefficient (Wildman–Crippen LogP) is 4.15. The first-order valence-electron chi connectivity index (χ1n) is 10.5. The molecule has 0 bridgehead atoms. The molecule has 0 spiro atoms. The zero-order valence-corrected chi connectivity index (χ0v) is 18.8. The Labute approximate surface area is 187 Å². The molecule has 1 N–H and O–H groups in total. The second kappa shape index (κ2) is 9.18. The molecule has 4 rings (SSSR count). The molecule has 8 heteroatoms. The van der Waals surface area contributed by atoms with E-state index >= 15 is 0 Å². The number of amides is 1. The molecule has 0 aliphatic heterocycles. The fraction of sp³-hybridized carbons (Fsp3) is 0.292. The molecule has 2 heterocycles. The average molecular weight is 455 g/mol. The van der Waals surface area contributed by atoms with E-state index in [0.29, 0.717) is 24.1 Å². The maximum atomic E-state index is 12.4. The lowest BCUT2D eigenvalue weighted by molar-refractivity contribution is -0.125. The molecule has 1 aliphatic carbocycles. The number of carbonyl (C=O) groups is 1. The van der Waals surface area contributed by atoms with Crippen LogP contribution < -0.4 is 4.72 Å². The lowest BCUT2D eigenvalue weighted by Gasteiger charge is -2.13. The Morgan fingerprint density at radius 3 is 2.56 bits per heavy atom. The average Bonchev–Trinajstić information content (AvgIpc) is 3.15. The van der Waals surface area contributed by atoms with Crippen molar-refractivity contribution in [3.05, 3.63) is 83.7 Å². The molecule has 32 heavy (non-hydrogen) atoms. The highest BCUT2D eigenvalue weighted by atomic mass is 32.2. The van der Waals surface area contributed by atoms with Crippen LogP contribution in [0.15, 0.2) is 74.6 Å². The number of sulfonamides is 1. The molecule has 3 aromatic rings. The summed E-state index contributed by atoms with van der Waals surface area (Å²) in [4.78, 5) is 14.2. The first kappa shape index (κ1) is 22.1. The van der Waals surface area contributed by atoms with E-state index < -0.39 is 10.0 Å². The van der Waals surface area contributed by atoms with Crippen molar-refractivity contribution < 1.29 is 22.0 Å². The molecule has 2 atom stereocenters. The van der Waals surface area contributed by atoms with E-state index in [4.69, 9.17) is 8.83 Å². The molecule has 7 nitrogen and oxygen atoms in total. The minimum atomic E-state index is -3.66. The number of rotatable bonds is 9. The van der Waals surface area contributed by atoms with Crippen LogP contribution in [0.25, 0.3) is 6.08 Å². The standard InChI is InChI=1S/C24H26N2O5S/c1-17-14-22(17)23-11-8-20(31-23)16-26(2)24(27)12-7-18-5-9-21(10-6-18)32(28,29)25-15-19-4-3-13-30-19/h3-13,17,22,25H,14-16H2,1-2H3/b12-7+.